The van der Waals surface area contributed by atoms with Gasteiger partial charge < -0.3 is 19.8 Å². The summed E-state index contributed by atoms with van der Waals surface area (Å²) in [5, 5.41) is 2.76. The van der Waals surface area contributed by atoms with Crippen LogP contribution in [0.15, 0.2) is 11.0 Å². The third-order valence-electron chi connectivity index (χ3n) is 6.96. The van der Waals surface area contributed by atoms with Crippen molar-refractivity contribution >= 4 is 5.91 Å². The molecule has 0 aromatic carbocycles. The smallest absolute Gasteiger partial charge is 0.263 e. The molecule has 7 heteroatoms. The molecule has 6 rings (SSSR count). The lowest BCUT2D eigenvalue weighted by molar-refractivity contribution is -0.0855. The number of rotatable bonds is 4. The predicted molar refractivity (Wildman–Crippen MR) is 97.6 cm³/mol. The summed E-state index contributed by atoms with van der Waals surface area (Å²) < 4.78 is 10.8. The number of nitrogens with one attached hydrogen (secondary N) is 2. The summed E-state index contributed by atoms with van der Waals surface area (Å²) in [6.07, 6.45) is 8.72. The maximum atomic E-state index is 12.6. The number of aromatic nitrogens is 2. The van der Waals surface area contributed by atoms with Crippen LogP contribution in [0.2, 0.25) is 0 Å². The molecule has 5 fully saturated rings. The van der Waals surface area contributed by atoms with Crippen LogP contribution < -0.4 is 10.9 Å². The third kappa shape index (κ3) is 3.21. The molecule has 27 heavy (non-hydrogen) atoms. The molecule has 1 aromatic heterocycles. The van der Waals surface area contributed by atoms with Crippen LogP contribution in [0.5, 0.6) is 0 Å². The molecule has 1 atom stereocenters. The zero-order chi connectivity index (χ0) is 18.4. The highest BCUT2D eigenvalue weighted by molar-refractivity contribution is 5.93. The Labute approximate surface area is 158 Å². The molecular formula is C20H27N3O4. The van der Waals surface area contributed by atoms with Gasteiger partial charge in [-0.2, -0.15) is 0 Å². The van der Waals surface area contributed by atoms with Crippen molar-refractivity contribution in [2.45, 2.75) is 50.0 Å². The number of hydrogen-bond donors (Lipinski definition) is 2. The topological polar surface area (TPSA) is 93.3 Å². The first kappa shape index (κ1) is 17.4. The predicted octanol–water partition coefficient (Wildman–Crippen LogP) is 1.38. The van der Waals surface area contributed by atoms with E-state index in [1.165, 1.54) is 25.5 Å². The summed E-state index contributed by atoms with van der Waals surface area (Å²) in [7, 11) is 0. The molecule has 146 valence electrons. The van der Waals surface area contributed by atoms with Crippen molar-refractivity contribution < 1.29 is 14.3 Å². The van der Waals surface area contributed by atoms with Crippen LogP contribution in [-0.4, -0.2) is 48.3 Å². The van der Waals surface area contributed by atoms with Gasteiger partial charge in [-0.3, -0.25) is 9.59 Å². The van der Waals surface area contributed by atoms with Crippen LogP contribution in [0.25, 0.3) is 0 Å². The first-order valence-corrected chi connectivity index (χ1v) is 10.2. The zero-order valence-electron chi connectivity index (χ0n) is 15.5. The van der Waals surface area contributed by atoms with E-state index in [1.807, 2.05) is 0 Å². The summed E-state index contributed by atoms with van der Waals surface area (Å²) in [5.41, 5.74) is -0.245. The molecule has 1 aromatic rings. The number of carbonyl (C=O) groups excluding carboxylic acids is 1. The van der Waals surface area contributed by atoms with E-state index in [0.717, 1.165) is 42.8 Å². The van der Waals surface area contributed by atoms with E-state index in [9.17, 15) is 9.59 Å². The Morgan fingerprint density at radius 1 is 1.19 bits per heavy atom. The fourth-order valence-corrected chi connectivity index (χ4v) is 6.18. The van der Waals surface area contributed by atoms with E-state index in [1.54, 1.807) is 0 Å². The van der Waals surface area contributed by atoms with Gasteiger partial charge in [-0.25, -0.2) is 4.98 Å². The minimum Gasteiger partial charge on any atom is -0.376 e. The molecule has 4 bridgehead atoms. The number of ether oxygens (including phenoxy) is 2. The molecular weight excluding hydrogens is 346 g/mol. The maximum absolute atomic E-state index is 12.6. The zero-order valence-corrected chi connectivity index (χ0v) is 15.5. The van der Waals surface area contributed by atoms with Crippen LogP contribution in [-0.2, 0) is 14.9 Å². The number of nitrogens with zero attached hydrogens (tertiary/aromatic N) is 1. The Morgan fingerprint density at radius 2 is 1.89 bits per heavy atom. The van der Waals surface area contributed by atoms with Crippen molar-refractivity contribution in [2.75, 3.05) is 26.4 Å². The Hall–Kier alpha value is -1.73. The number of H-pyrrole nitrogens is 1. The van der Waals surface area contributed by atoms with Gasteiger partial charge in [0.2, 0.25) is 0 Å². The van der Waals surface area contributed by atoms with E-state index < -0.39 is 5.91 Å². The van der Waals surface area contributed by atoms with Crippen LogP contribution >= 0.6 is 0 Å². The molecule has 1 amide bonds. The number of carbonyl (C=O) groups is 1. The lowest BCUT2D eigenvalue weighted by Crippen LogP contribution is -2.50. The standard InChI is InChI=1S/C20H27N3O4/c24-17(21-9-15-11-26-1-2-27-15)16-10-22-19(23-18(16)25)20-6-12-3-13(7-20)5-14(4-12)8-20/h10,12-15H,1-9,11H2,(H,21,24)(H,22,23,25)/t12?,13?,14?,15-,20?/m1/s1. The van der Waals surface area contributed by atoms with E-state index in [-0.39, 0.29) is 22.6 Å². The molecule has 5 aliphatic rings. The van der Waals surface area contributed by atoms with E-state index in [2.05, 4.69) is 15.3 Å². The summed E-state index contributed by atoms with van der Waals surface area (Å²) in [6, 6.07) is 0. The Kier molecular flexibility index (Phi) is 4.31. The largest absolute Gasteiger partial charge is 0.376 e. The third-order valence-corrected chi connectivity index (χ3v) is 6.96. The van der Waals surface area contributed by atoms with Crippen molar-refractivity contribution in [1.29, 1.82) is 0 Å². The number of amides is 1. The maximum Gasteiger partial charge on any atom is 0.263 e. The number of aromatic amines is 1. The lowest BCUT2D eigenvalue weighted by atomic mass is 9.49. The molecule has 0 unspecified atom stereocenters. The van der Waals surface area contributed by atoms with Crippen molar-refractivity contribution in [1.82, 2.24) is 15.3 Å². The second-order valence-electron chi connectivity index (χ2n) is 8.95. The van der Waals surface area contributed by atoms with Gasteiger partial charge in [0.15, 0.2) is 0 Å². The molecule has 7 nitrogen and oxygen atoms in total. The average Bonchev–Trinajstić information content (AvgIpc) is 2.66. The normalized spacial score (nSPS) is 37.3. The molecule has 2 N–H and O–H groups in total. The molecule has 1 saturated heterocycles. The minimum atomic E-state index is -0.407. The molecule has 2 heterocycles. The first-order valence-electron chi connectivity index (χ1n) is 10.2. The van der Waals surface area contributed by atoms with E-state index in [0.29, 0.717) is 26.4 Å². The van der Waals surface area contributed by atoms with Gasteiger partial charge in [0.25, 0.3) is 11.5 Å². The molecule has 4 saturated carbocycles. The quantitative estimate of drug-likeness (QED) is 0.832. The van der Waals surface area contributed by atoms with Crippen LogP contribution in [0.4, 0.5) is 0 Å². The van der Waals surface area contributed by atoms with Crippen LogP contribution in [0, 0.1) is 17.8 Å². The van der Waals surface area contributed by atoms with Crippen molar-refractivity contribution in [2.24, 2.45) is 17.8 Å². The van der Waals surface area contributed by atoms with Crippen LogP contribution in [0.3, 0.4) is 0 Å². The Morgan fingerprint density at radius 3 is 2.48 bits per heavy atom. The van der Waals surface area contributed by atoms with Gasteiger partial charge >= 0.3 is 0 Å². The second-order valence-corrected chi connectivity index (χ2v) is 8.95. The van der Waals surface area contributed by atoms with Gasteiger partial charge in [0, 0.05) is 18.2 Å². The van der Waals surface area contributed by atoms with Gasteiger partial charge in [-0.05, 0) is 56.3 Å². The molecule has 0 spiro atoms. The van der Waals surface area contributed by atoms with Gasteiger partial charge in [0.05, 0.1) is 25.9 Å². The van der Waals surface area contributed by atoms with Gasteiger partial charge in [-0.15, -0.1) is 0 Å². The highest BCUT2D eigenvalue weighted by atomic mass is 16.6. The fourth-order valence-electron chi connectivity index (χ4n) is 6.18. The highest BCUT2D eigenvalue weighted by Gasteiger charge is 2.52. The first-order chi connectivity index (χ1) is 13.1. The minimum absolute atomic E-state index is 0.0240. The van der Waals surface area contributed by atoms with E-state index >= 15 is 0 Å². The average molecular weight is 373 g/mol. The molecule has 1 aliphatic heterocycles. The monoisotopic (exact) mass is 373 g/mol. The lowest BCUT2D eigenvalue weighted by Gasteiger charge is -2.56. The van der Waals surface area contributed by atoms with E-state index in [4.69, 9.17) is 9.47 Å². The second kappa shape index (κ2) is 6.71. The van der Waals surface area contributed by atoms with Gasteiger partial charge in [0.1, 0.15) is 11.4 Å². The molecule has 0 radical (unpaired) electrons. The van der Waals surface area contributed by atoms with Crippen molar-refractivity contribution in [3.63, 3.8) is 0 Å². The Bertz CT molecular complexity index is 748. The van der Waals surface area contributed by atoms with Gasteiger partial charge in [-0.1, -0.05) is 0 Å². The summed E-state index contributed by atoms with van der Waals surface area (Å²) in [5.74, 6) is 2.73. The highest BCUT2D eigenvalue weighted by Crippen LogP contribution is 2.59. The fraction of sp³-hybridized carbons (Fsp3) is 0.750. The Balaban J connectivity index is 1.31. The number of hydrogen-bond acceptors (Lipinski definition) is 5. The summed E-state index contributed by atoms with van der Waals surface area (Å²) in [6.45, 7) is 1.90. The van der Waals surface area contributed by atoms with Crippen molar-refractivity contribution in [3.05, 3.63) is 27.9 Å². The summed E-state index contributed by atoms with van der Waals surface area (Å²) >= 11 is 0. The summed E-state index contributed by atoms with van der Waals surface area (Å²) in [4.78, 5) is 32.6. The SMILES string of the molecule is O=C(NC[C@@H]1COCCO1)c1cnc(C23CC4CC(CC(C4)C2)C3)[nH]c1=O. The molecule has 4 aliphatic carbocycles. The van der Waals surface area contributed by atoms with Crippen molar-refractivity contribution in [3.8, 4) is 0 Å². The van der Waals surface area contributed by atoms with Crippen LogP contribution in [0.1, 0.15) is 54.7 Å².